The van der Waals surface area contributed by atoms with Crippen molar-refractivity contribution in [3.63, 3.8) is 0 Å². The van der Waals surface area contributed by atoms with Gasteiger partial charge in [0.25, 0.3) is 5.56 Å². The third-order valence-electron chi connectivity index (χ3n) is 2.84. The zero-order valence-corrected chi connectivity index (χ0v) is 10.6. The molecule has 0 aliphatic carbocycles. The molecule has 0 unspecified atom stereocenters. The van der Waals surface area contributed by atoms with Gasteiger partial charge in [-0.3, -0.25) is 4.79 Å². The van der Waals surface area contributed by atoms with Gasteiger partial charge in [-0.15, -0.1) is 0 Å². The maximum Gasteiger partial charge on any atom is 0.358 e. The molecule has 108 valence electrons. The van der Waals surface area contributed by atoms with E-state index in [4.69, 9.17) is 4.74 Å². The first-order chi connectivity index (χ1) is 9.15. The summed E-state index contributed by atoms with van der Waals surface area (Å²) in [5, 5.41) is 10.7. The Hall–Kier alpha value is -2.30. The first-order valence-corrected chi connectivity index (χ1v) is 6.16. The van der Waals surface area contributed by atoms with Crippen LogP contribution in [0.1, 0.15) is 37.7 Å². The normalized spacial score (nSPS) is 10.1. The van der Waals surface area contributed by atoms with E-state index in [0.29, 0.717) is 10.8 Å². The van der Waals surface area contributed by atoms with Crippen LogP contribution in [0.3, 0.4) is 0 Å². The molecule has 0 amide bonds. The number of benzene rings is 1. The number of carbonyl (C=O) groups excluding carboxylic acids is 1. The lowest BCUT2D eigenvalue weighted by Gasteiger charge is -2.07. The van der Waals surface area contributed by atoms with Gasteiger partial charge in [-0.25, -0.2) is 4.79 Å². The van der Waals surface area contributed by atoms with Gasteiger partial charge < -0.3 is 14.8 Å². The minimum absolute atomic E-state index is 0. The van der Waals surface area contributed by atoms with Crippen molar-refractivity contribution >= 4 is 16.7 Å². The van der Waals surface area contributed by atoms with Gasteiger partial charge in [0.1, 0.15) is 0 Å². The van der Waals surface area contributed by atoms with E-state index in [1.807, 2.05) is 6.92 Å². The molecule has 0 aliphatic heterocycles. The second-order valence-electron chi connectivity index (χ2n) is 4.21. The highest BCUT2D eigenvalue weighted by molar-refractivity contribution is 5.98. The third-order valence-corrected chi connectivity index (χ3v) is 2.84. The first kappa shape index (κ1) is 15.8. The van der Waals surface area contributed by atoms with E-state index in [-0.39, 0.29) is 25.5 Å². The minimum atomic E-state index is -0.714. The van der Waals surface area contributed by atoms with E-state index in [1.54, 1.807) is 24.3 Å². The van der Waals surface area contributed by atoms with Crippen molar-refractivity contribution in [2.45, 2.75) is 27.2 Å². The second-order valence-corrected chi connectivity index (χ2v) is 4.21. The summed E-state index contributed by atoms with van der Waals surface area (Å²) >= 11 is 0. The highest BCUT2D eigenvalue weighted by atomic mass is 16.5. The molecule has 0 atom stereocenters. The van der Waals surface area contributed by atoms with Crippen LogP contribution in [0.2, 0.25) is 0 Å². The number of aromatic hydroxyl groups is 1. The van der Waals surface area contributed by atoms with Gasteiger partial charge in [0.05, 0.1) is 12.0 Å². The number of unbranched alkanes of at least 4 members (excludes halogenated alkanes) is 1. The average Bonchev–Trinajstić information content (AvgIpc) is 2.43. The molecule has 0 aliphatic rings. The Morgan fingerprint density at radius 1 is 1.30 bits per heavy atom. The number of H-pyrrole nitrogens is 1. The van der Waals surface area contributed by atoms with Crippen molar-refractivity contribution in [1.82, 2.24) is 4.98 Å². The molecule has 2 rings (SSSR count). The van der Waals surface area contributed by atoms with Crippen LogP contribution >= 0.6 is 0 Å². The number of ether oxygens (including phenoxy) is 1. The van der Waals surface area contributed by atoms with Gasteiger partial charge in [-0.1, -0.05) is 39.0 Å². The number of pyridine rings is 1. The van der Waals surface area contributed by atoms with Crippen molar-refractivity contribution in [3.05, 3.63) is 40.3 Å². The molecule has 0 spiro atoms. The Bertz CT molecular complexity index is 660. The van der Waals surface area contributed by atoms with Crippen molar-refractivity contribution in [2.75, 3.05) is 6.61 Å². The number of carbonyl (C=O) groups is 1. The largest absolute Gasteiger partial charge is 0.505 e. The number of nitrogens with one attached hydrogen (secondary N) is 1. The number of fused-ring (bicyclic) bond motifs is 1. The molecule has 1 heterocycles. The molecule has 5 nitrogen and oxygen atoms in total. The smallest absolute Gasteiger partial charge is 0.358 e. The van der Waals surface area contributed by atoms with Crippen molar-refractivity contribution in [1.29, 1.82) is 0 Å². The number of esters is 1. The first-order valence-electron chi connectivity index (χ1n) is 6.16. The summed E-state index contributed by atoms with van der Waals surface area (Å²) in [5.41, 5.74) is -0.615. The highest BCUT2D eigenvalue weighted by Crippen LogP contribution is 2.24. The number of aromatic amines is 1. The van der Waals surface area contributed by atoms with E-state index in [9.17, 15) is 14.7 Å². The van der Waals surface area contributed by atoms with E-state index >= 15 is 0 Å². The van der Waals surface area contributed by atoms with Crippen LogP contribution in [0.15, 0.2) is 29.1 Å². The van der Waals surface area contributed by atoms with Crippen LogP contribution in [-0.4, -0.2) is 22.7 Å². The molecule has 20 heavy (non-hydrogen) atoms. The summed E-state index contributed by atoms with van der Waals surface area (Å²) in [4.78, 5) is 26.0. The lowest BCUT2D eigenvalue weighted by Crippen LogP contribution is -2.16. The van der Waals surface area contributed by atoms with Crippen molar-refractivity contribution in [2.24, 2.45) is 0 Å². The zero-order valence-electron chi connectivity index (χ0n) is 10.6. The Morgan fingerprint density at radius 3 is 2.60 bits per heavy atom. The Balaban J connectivity index is 0.00000200. The Labute approximate surface area is 117 Å². The fourth-order valence-corrected chi connectivity index (χ4v) is 1.79. The quantitative estimate of drug-likeness (QED) is 0.665. The fraction of sp³-hybridized carbons (Fsp3) is 0.333. The standard InChI is InChI=1S/C14H15NO4.CH4/c1-2-3-8-19-14(18)11-12(16)9-6-4-5-7-10(9)13(17)15-11;/h4-7,16H,2-3,8H2,1H3,(H,15,17);1H4. The van der Waals surface area contributed by atoms with Gasteiger partial charge in [-0.05, 0) is 12.5 Å². The molecule has 0 fully saturated rings. The summed E-state index contributed by atoms with van der Waals surface area (Å²) in [7, 11) is 0. The number of hydrogen-bond donors (Lipinski definition) is 2. The lowest BCUT2D eigenvalue weighted by molar-refractivity contribution is 0.0489. The monoisotopic (exact) mass is 277 g/mol. The maximum absolute atomic E-state index is 11.8. The van der Waals surface area contributed by atoms with Gasteiger partial charge in [0.15, 0.2) is 11.4 Å². The van der Waals surface area contributed by atoms with Crippen molar-refractivity contribution in [3.8, 4) is 5.75 Å². The molecule has 0 radical (unpaired) electrons. The molecular weight excluding hydrogens is 258 g/mol. The maximum atomic E-state index is 11.8. The lowest BCUT2D eigenvalue weighted by atomic mass is 10.1. The third kappa shape index (κ3) is 2.99. The van der Waals surface area contributed by atoms with E-state index < -0.39 is 11.5 Å². The second kappa shape index (κ2) is 6.75. The van der Waals surface area contributed by atoms with Crippen LogP contribution in [0.4, 0.5) is 0 Å². The van der Waals surface area contributed by atoms with Crippen LogP contribution in [-0.2, 0) is 4.74 Å². The average molecular weight is 277 g/mol. The zero-order chi connectivity index (χ0) is 13.8. The molecule has 2 aromatic rings. The fourth-order valence-electron chi connectivity index (χ4n) is 1.79. The van der Waals surface area contributed by atoms with Crippen LogP contribution in [0, 0.1) is 0 Å². The molecular formula is C15H19NO4. The summed E-state index contributed by atoms with van der Waals surface area (Å²) in [6, 6.07) is 6.55. The molecule has 5 heteroatoms. The predicted molar refractivity (Wildman–Crippen MR) is 78.2 cm³/mol. The van der Waals surface area contributed by atoms with Crippen LogP contribution in [0.5, 0.6) is 5.75 Å². The Kier molecular flexibility index (Phi) is 5.32. The van der Waals surface area contributed by atoms with Crippen molar-refractivity contribution < 1.29 is 14.6 Å². The van der Waals surface area contributed by atoms with Gasteiger partial charge in [-0.2, -0.15) is 0 Å². The van der Waals surface area contributed by atoms with E-state index in [2.05, 4.69) is 4.98 Å². The summed E-state index contributed by atoms with van der Waals surface area (Å²) in [6.45, 7) is 2.24. The van der Waals surface area contributed by atoms with E-state index in [1.165, 1.54) is 0 Å². The molecule has 1 aromatic heterocycles. The minimum Gasteiger partial charge on any atom is -0.505 e. The molecule has 1 aromatic carbocycles. The summed E-state index contributed by atoms with van der Waals surface area (Å²) < 4.78 is 4.98. The molecule has 2 N–H and O–H groups in total. The Morgan fingerprint density at radius 2 is 1.95 bits per heavy atom. The SMILES string of the molecule is C.CCCCOC(=O)c1[nH]c(=O)c2ccccc2c1O. The topological polar surface area (TPSA) is 79.4 Å². The summed E-state index contributed by atoms with van der Waals surface area (Å²) in [5.74, 6) is -0.967. The highest BCUT2D eigenvalue weighted by Gasteiger charge is 2.17. The van der Waals surface area contributed by atoms with Gasteiger partial charge in [0, 0.05) is 5.39 Å². The number of aromatic nitrogens is 1. The van der Waals surface area contributed by atoms with Gasteiger partial charge >= 0.3 is 5.97 Å². The number of hydrogen-bond acceptors (Lipinski definition) is 4. The summed E-state index contributed by atoms with van der Waals surface area (Å²) in [6.07, 6.45) is 1.64. The van der Waals surface area contributed by atoms with Gasteiger partial charge in [0.2, 0.25) is 0 Å². The van der Waals surface area contributed by atoms with Crippen LogP contribution in [0.25, 0.3) is 10.8 Å². The molecule has 0 saturated heterocycles. The van der Waals surface area contributed by atoms with E-state index in [0.717, 1.165) is 12.8 Å². The number of rotatable bonds is 4. The van der Waals surface area contributed by atoms with Crippen LogP contribution < -0.4 is 5.56 Å². The molecule has 0 bridgehead atoms. The molecule has 0 saturated carbocycles. The predicted octanol–water partition coefficient (Wildman–Crippen LogP) is 2.83.